The number of thioether (sulfide) groups is 1. The molecule has 0 radical (unpaired) electrons. The molecule has 0 aliphatic carbocycles. The van der Waals surface area contributed by atoms with Gasteiger partial charge in [0.25, 0.3) is 0 Å². The first-order valence-corrected chi connectivity index (χ1v) is 8.03. The molecule has 2 aromatic rings. The number of fused-ring (bicyclic) bond motifs is 1. The average Bonchev–Trinajstić information content (AvgIpc) is 2.87. The predicted molar refractivity (Wildman–Crippen MR) is 81.8 cm³/mol. The topological polar surface area (TPSA) is 35.8 Å². The van der Waals surface area contributed by atoms with E-state index in [4.69, 9.17) is 5.26 Å². The molecule has 3 rings (SSSR count). The van der Waals surface area contributed by atoms with Crippen LogP contribution >= 0.6 is 23.1 Å². The second-order valence-corrected chi connectivity index (χ2v) is 7.34. The van der Waals surface area contributed by atoms with Crippen molar-refractivity contribution in [1.82, 2.24) is 0 Å². The molecule has 19 heavy (non-hydrogen) atoms. The molecule has 0 amide bonds. The summed E-state index contributed by atoms with van der Waals surface area (Å²) >= 11 is 3.79. The number of nitrogens with one attached hydrogen (secondary N) is 1. The lowest BCUT2D eigenvalue weighted by Crippen LogP contribution is -2.18. The second kappa shape index (κ2) is 5.28. The Balaban J connectivity index is 1.86. The van der Waals surface area contributed by atoms with Crippen molar-refractivity contribution in [3.8, 4) is 6.07 Å². The molecule has 1 aromatic heterocycles. The molecule has 1 aromatic carbocycles. The third-order valence-corrected chi connectivity index (χ3v) is 5.59. The largest absolute Gasteiger partial charge is 0.378 e. The van der Waals surface area contributed by atoms with Gasteiger partial charge in [0.05, 0.1) is 21.9 Å². The Morgan fingerprint density at radius 1 is 1.37 bits per heavy atom. The van der Waals surface area contributed by atoms with Gasteiger partial charge >= 0.3 is 0 Å². The van der Waals surface area contributed by atoms with Gasteiger partial charge < -0.3 is 5.32 Å². The molecule has 0 fully saturated rings. The van der Waals surface area contributed by atoms with Crippen LogP contribution in [0.4, 0.5) is 5.69 Å². The van der Waals surface area contributed by atoms with E-state index in [1.54, 1.807) is 0 Å². The standard InChI is InChI=1S/C15H14N2S2/c1-10-7-14(13-5-6-18-15(13)19-10)17-12-4-2-3-11(8-12)9-16/h2-6,8,10,14,17H,7H2,1H3/t10-,14?/m0/s1. The summed E-state index contributed by atoms with van der Waals surface area (Å²) in [7, 11) is 0. The zero-order valence-electron chi connectivity index (χ0n) is 10.6. The van der Waals surface area contributed by atoms with Gasteiger partial charge in [-0.15, -0.1) is 23.1 Å². The van der Waals surface area contributed by atoms with Crippen molar-refractivity contribution >= 4 is 28.8 Å². The zero-order valence-corrected chi connectivity index (χ0v) is 12.2. The Morgan fingerprint density at radius 2 is 2.26 bits per heavy atom. The molecular weight excluding hydrogens is 272 g/mol. The molecule has 1 aliphatic rings. The Hall–Kier alpha value is -1.44. The van der Waals surface area contributed by atoms with E-state index in [1.807, 2.05) is 47.4 Å². The lowest BCUT2D eigenvalue weighted by atomic mass is 10.0. The summed E-state index contributed by atoms with van der Waals surface area (Å²) in [5, 5.41) is 15.3. The van der Waals surface area contributed by atoms with E-state index < -0.39 is 0 Å². The van der Waals surface area contributed by atoms with Crippen molar-refractivity contribution in [3.63, 3.8) is 0 Å². The summed E-state index contributed by atoms with van der Waals surface area (Å²) in [6.45, 7) is 2.27. The first-order chi connectivity index (χ1) is 9.26. The van der Waals surface area contributed by atoms with Crippen molar-refractivity contribution < 1.29 is 0 Å². The molecule has 2 nitrogen and oxygen atoms in total. The molecule has 1 unspecified atom stereocenters. The van der Waals surface area contributed by atoms with Crippen LogP contribution in [0.3, 0.4) is 0 Å². The maximum Gasteiger partial charge on any atom is 0.0992 e. The second-order valence-electron chi connectivity index (χ2n) is 4.72. The van der Waals surface area contributed by atoms with Crippen LogP contribution in [-0.2, 0) is 0 Å². The fourth-order valence-electron chi connectivity index (χ4n) is 2.37. The van der Waals surface area contributed by atoms with Crippen molar-refractivity contribution in [2.45, 2.75) is 28.8 Å². The summed E-state index contributed by atoms with van der Waals surface area (Å²) in [5.74, 6) is 0. The number of rotatable bonds is 2. The monoisotopic (exact) mass is 286 g/mol. The number of hydrogen-bond acceptors (Lipinski definition) is 4. The Kier molecular flexibility index (Phi) is 3.50. The maximum absolute atomic E-state index is 8.96. The maximum atomic E-state index is 8.96. The molecular formula is C15H14N2S2. The smallest absolute Gasteiger partial charge is 0.0992 e. The third-order valence-electron chi connectivity index (χ3n) is 3.24. The number of benzene rings is 1. The van der Waals surface area contributed by atoms with E-state index in [0.29, 0.717) is 16.9 Å². The molecule has 0 spiro atoms. The summed E-state index contributed by atoms with van der Waals surface area (Å²) < 4.78 is 1.42. The Bertz CT molecular complexity index is 627. The highest BCUT2D eigenvalue weighted by Gasteiger charge is 2.26. The molecule has 1 aliphatic heterocycles. The summed E-state index contributed by atoms with van der Waals surface area (Å²) in [4.78, 5) is 0. The molecule has 96 valence electrons. The van der Waals surface area contributed by atoms with Crippen LogP contribution in [0.5, 0.6) is 0 Å². The lowest BCUT2D eigenvalue weighted by Gasteiger charge is -2.28. The Morgan fingerprint density at radius 3 is 3.11 bits per heavy atom. The van der Waals surface area contributed by atoms with Crippen LogP contribution in [0.2, 0.25) is 0 Å². The van der Waals surface area contributed by atoms with E-state index in [0.717, 1.165) is 12.1 Å². The van der Waals surface area contributed by atoms with Crippen molar-refractivity contribution in [2.24, 2.45) is 0 Å². The predicted octanol–water partition coefficient (Wildman–Crippen LogP) is 4.66. The highest BCUT2D eigenvalue weighted by molar-refractivity contribution is 8.01. The van der Waals surface area contributed by atoms with Gasteiger partial charge in [-0.2, -0.15) is 5.26 Å². The van der Waals surface area contributed by atoms with E-state index >= 15 is 0 Å². The van der Waals surface area contributed by atoms with Crippen LogP contribution < -0.4 is 5.32 Å². The molecule has 1 N–H and O–H groups in total. The first-order valence-electron chi connectivity index (χ1n) is 6.27. The van der Waals surface area contributed by atoms with E-state index in [2.05, 4.69) is 29.8 Å². The lowest BCUT2D eigenvalue weighted by molar-refractivity contribution is 0.670. The van der Waals surface area contributed by atoms with Gasteiger partial charge in [-0.05, 0) is 41.6 Å². The van der Waals surface area contributed by atoms with Gasteiger partial charge in [0.1, 0.15) is 0 Å². The van der Waals surface area contributed by atoms with Crippen LogP contribution in [0.1, 0.15) is 30.5 Å². The van der Waals surface area contributed by atoms with Crippen LogP contribution in [0, 0.1) is 11.3 Å². The molecule has 0 bridgehead atoms. The van der Waals surface area contributed by atoms with Gasteiger partial charge in [0.15, 0.2) is 0 Å². The van der Waals surface area contributed by atoms with Gasteiger partial charge in [-0.25, -0.2) is 0 Å². The number of nitriles is 1. The van der Waals surface area contributed by atoms with Crippen LogP contribution in [-0.4, -0.2) is 5.25 Å². The fourth-order valence-corrected chi connectivity index (χ4v) is 4.93. The number of nitrogens with zero attached hydrogens (tertiary/aromatic N) is 1. The van der Waals surface area contributed by atoms with E-state index in [-0.39, 0.29) is 0 Å². The van der Waals surface area contributed by atoms with Crippen molar-refractivity contribution in [1.29, 1.82) is 5.26 Å². The highest BCUT2D eigenvalue weighted by Crippen LogP contribution is 2.44. The number of hydrogen-bond donors (Lipinski definition) is 1. The molecule has 0 saturated heterocycles. The van der Waals surface area contributed by atoms with Gasteiger partial charge in [0.2, 0.25) is 0 Å². The van der Waals surface area contributed by atoms with E-state index in [9.17, 15) is 0 Å². The summed E-state index contributed by atoms with van der Waals surface area (Å²) in [6.07, 6.45) is 1.12. The molecule has 0 saturated carbocycles. The van der Waals surface area contributed by atoms with Crippen LogP contribution in [0.15, 0.2) is 39.9 Å². The Labute approximate surface area is 121 Å². The summed E-state index contributed by atoms with van der Waals surface area (Å²) in [6, 6.07) is 12.5. The highest BCUT2D eigenvalue weighted by atomic mass is 32.2. The minimum absolute atomic E-state index is 0.353. The van der Waals surface area contributed by atoms with Crippen molar-refractivity contribution in [3.05, 3.63) is 46.8 Å². The third kappa shape index (κ3) is 2.63. The minimum Gasteiger partial charge on any atom is -0.378 e. The molecule has 4 heteroatoms. The van der Waals surface area contributed by atoms with Gasteiger partial charge in [-0.3, -0.25) is 0 Å². The van der Waals surface area contributed by atoms with Crippen LogP contribution in [0.25, 0.3) is 0 Å². The van der Waals surface area contributed by atoms with E-state index in [1.165, 1.54) is 9.77 Å². The quantitative estimate of drug-likeness (QED) is 0.872. The normalized spacial score (nSPS) is 21.5. The zero-order chi connectivity index (χ0) is 13.2. The number of anilines is 1. The summed E-state index contributed by atoms with van der Waals surface area (Å²) in [5.41, 5.74) is 3.13. The SMILES string of the molecule is C[C@H]1CC(Nc2cccc(C#N)c2)c2ccsc2S1. The van der Waals surface area contributed by atoms with Gasteiger partial charge in [-0.1, -0.05) is 13.0 Å². The first kappa shape index (κ1) is 12.6. The molecule has 2 atom stereocenters. The minimum atomic E-state index is 0.353. The fraction of sp³-hybridized carbons (Fsp3) is 0.267. The van der Waals surface area contributed by atoms with Gasteiger partial charge in [0, 0.05) is 10.9 Å². The average molecular weight is 286 g/mol. The number of thiophene rings is 1. The van der Waals surface area contributed by atoms with Crippen molar-refractivity contribution in [2.75, 3.05) is 5.32 Å². The molecule has 2 heterocycles.